The van der Waals surface area contributed by atoms with Crippen LogP contribution in [0.15, 0.2) is 30.3 Å². The molecule has 3 rings (SSSR count). The van der Waals surface area contributed by atoms with Crippen molar-refractivity contribution in [1.82, 2.24) is 20.8 Å². The Morgan fingerprint density at radius 1 is 1.39 bits per heavy atom. The molecule has 1 aromatic carbocycles. The number of aromatic nitrogens is 2. The summed E-state index contributed by atoms with van der Waals surface area (Å²) in [4.78, 5) is 12.4. The van der Waals surface area contributed by atoms with Crippen LogP contribution in [0.25, 0.3) is 0 Å². The summed E-state index contributed by atoms with van der Waals surface area (Å²) in [5.74, 6) is -0.167. The Labute approximate surface area is 141 Å². The summed E-state index contributed by atoms with van der Waals surface area (Å²) >= 11 is 0. The average Bonchev–Trinajstić information content (AvgIpc) is 3.00. The molecule has 1 aromatic heterocycles. The van der Waals surface area contributed by atoms with E-state index in [4.69, 9.17) is 4.74 Å². The van der Waals surface area contributed by atoms with Crippen molar-refractivity contribution in [2.75, 3.05) is 20.2 Å². The summed E-state index contributed by atoms with van der Waals surface area (Å²) < 4.78 is 5.46. The van der Waals surface area contributed by atoms with E-state index in [9.17, 15) is 4.79 Å². The van der Waals surface area contributed by atoms with Gasteiger partial charge in [0.2, 0.25) is 0 Å². The monoisotopic (exact) mass is 336 g/mol. The summed E-state index contributed by atoms with van der Waals surface area (Å²) in [6, 6.07) is 9.84. The Balaban J connectivity index is 0.00000192. The van der Waals surface area contributed by atoms with E-state index >= 15 is 0 Å². The first-order valence-corrected chi connectivity index (χ1v) is 7.42. The second-order valence-electron chi connectivity index (χ2n) is 5.30. The van der Waals surface area contributed by atoms with Crippen LogP contribution >= 0.6 is 12.4 Å². The first-order chi connectivity index (χ1) is 10.8. The van der Waals surface area contributed by atoms with Crippen molar-refractivity contribution in [2.45, 2.75) is 19.1 Å². The number of carbonyl (C=O) groups is 1. The smallest absolute Gasteiger partial charge is 0.272 e. The number of benzene rings is 1. The molecule has 1 amide bonds. The number of hydrogen-bond donors (Lipinski definition) is 3. The molecule has 7 heteroatoms. The standard InChI is InChI=1S/C16H20N4O2.ClH/c1-22-14(11-5-3-2-4-6-11)10-18-16(21)15-12-9-17-8-7-13(12)19-20-15;/h2-6,14,17H,7-10H2,1H3,(H,18,21)(H,19,20);1H. The lowest BCUT2D eigenvalue weighted by atomic mass is 10.1. The fourth-order valence-corrected chi connectivity index (χ4v) is 2.69. The molecule has 2 heterocycles. The largest absolute Gasteiger partial charge is 0.375 e. The highest BCUT2D eigenvalue weighted by atomic mass is 35.5. The summed E-state index contributed by atoms with van der Waals surface area (Å²) in [5, 5.41) is 13.3. The van der Waals surface area contributed by atoms with Gasteiger partial charge in [-0.1, -0.05) is 30.3 Å². The van der Waals surface area contributed by atoms with E-state index in [1.54, 1.807) is 7.11 Å². The number of nitrogens with one attached hydrogen (secondary N) is 3. The van der Waals surface area contributed by atoms with Gasteiger partial charge in [0.05, 0.1) is 6.10 Å². The van der Waals surface area contributed by atoms with Crippen molar-refractivity contribution < 1.29 is 9.53 Å². The number of aromatic amines is 1. The van der Waals surface area contributed by atoms with Crippen LogP contribution in [0.3, 0.4) is 0 Å². The van der Waals surface area contributed by atoms with Crippen LogP contribution in [-0.2, 0) is 17.7 Å². The Morgan fingerprint density at radius 2 is 2.17 bits per heavy atom. The first kappa shape index (κ1) is 17.5. The molecule has 1 aliphatic heterocycles. The minimum absolute atomic E-state index is 0. The van der Waals surface area contributed by atoms with E-state index in [0.29, 0.717) is 18.8 Å². The van der Waals surface area contributed by atoms with E-state index in [0.717, 1.165) is 29.8 Å². The molecule has 23 heavy (non-hydrogen) atoms. The zero-order valence-electron chi connectivity index (χ0n) is 13.0. The fraction of sp³-hybridized carbons (Fsp3) is 0.375. The Hall–Kier alpha value is -1.89. The second kappa shape index (κ2) is 8.10. The highest BCUT2D eigenvalue weighted by molar-refractivity contribution is 5.94. The van der Waals surface area contributed by atoms with Crippen molar-refractivity contribution in [3.63, 3.8) is 0 Å². The van der Waals surface area contributed by atoms with Crippen LogP contribution in [0.4, 0.5) is 0 Å². The molecule has 6 nitrogen and oxygen atoms in total. The van der Waals surface area contributed by atoms with Gasteiger partial charge in [0.25, 0.3) is 5.91 Å². The number of H-pyrrole nitrogens is 1. The topological polar surface area (TPSA) is 79.0 Å². The molecular formula is C16H21ClN4O2. The maximum atomic E-state index is 12.4. The molecule has 0 aliphatic carbocycles. The Bertz CT molecular complexity index is 645. The van der Waals surface area contributed by atoms with Crippen molar-refractivity contribution >= 4 is 18.3 Å². The molecule has 0 saturated heterocycles. The van der Waals surface area contributed by atoms with Gasteiger partial charge in [-0.2, -0.15) is 5.10 Å². The number of nitrogens with zero attached hydrogens (tertiary/aromatic N) is 1. The van der Waals surface area contributed by atoms with E-state index in [1.807, 2.05) is 30.3 Å². The number of methoxy groups -OCH3 is 1. The molecule has 1 aliphatic rings. The number of hydrogen-bond acceptors (Lipinski definition) is 4. The third-order valence-corrected chi connectivity index (χ3v) is 3.93. The summed E-state index contributed by atoms with van der Waals surface area (Å²) in [6.07, 6.45) is 0.707. The number of halogens is 1. The molecule has 124 valence electrons. The maximum Gasteiger partial charge on any atom is 0.272 e. The number of fused-ring (bicyclic) bond motifs is 1. The zero-order chi connectivity index (χ0) is 15.4. The van der Waals surface area contributed by atoms with E-state index in [2.05, 4.69) is 20.8 Å². The second-order valence-corrected chi connectivity index (χ2v) is 5.30. The maximum absolute atomic E-state index is 12.4. The third-order valence-electron chi connectivity index (χ3n) is 3.93. The molecule has 2 aromatic rings. The highest BCUT2D eigenvalue weighted by Crippen LogP contribution is 2.17. The van der Waals surface area contributed by atoms with Gasteiger partial charge < -0.3 is 15.4 Å². The SMILES string of the molecule is COC(CNC(=O)c1n[nH]c2c1CNCC2)c1ccccc1.Cl. The number of rotatable bonds is 5. The lowest BCUT2D eigenvalue weighted by Crippen LogP contribution is -2.31. The Morgan fingerprint density at radius 3 is 2.91 bits per heavy atom. The molecule has 0 bridgehead atoms. The molecular weight excluding hydrogens is 316 g/mol. The summed E-state index contributed by atoms with van der Waals surface area (Å²) in [6.45, 7) is 2.01. The fourth-order valence-electron chi connectivity index (χ4n) is 2.69. The summed E-state index contributed by atoms with van der Waals surface area (Å²) in [5.41, 5.74) is 3.54. The molecule has 1 unspecified atom stereocenters. The van der Waals surface area contributed by atoms with Crippen molar-refractivity contribution in [1.29, 1.82) is 0 Å². The first-order valence-electron chi connectivity index (χ1n) is 7.42. The van der Waals surface area contributed by atoms with Gasteiger partial charge in [0, 0.05) is 44.4 Å². The van der Waals surface area contributed by atoms with E-state index < -0.39 is 0 Å². The third kappa shape index (κ3) is 3.90. The predicted molar refractivity (Wildman–Crippen MR) is 89.8 cm³/mol. The van der Waals surface area contributed by atoms with Crippen LogP contribution in [-0.4, -0.2) is 36.3 Å². The van der Waals surface area contributed by atoms with Crippen LogP contribution in [0.5, 0.6) is 0 Å². The number of carbonyl (C=O) groups excluding carboxylic acids is 1. The highest BCUT2D eigenvalue weighted by Gasteiger charge is 2.22. The lowest BCUT2D eigenvalue weighted by molar-refractivity contribution is 0.0823. The van der Waals surface area contributed by atoms with Crippen LogP contribution in [0.2, 0.25) is 0 Å². The van der Waals surface area contributed by atoms with Gasteiger partial charge in [-0.3, -0.25) is 9.89 Å². The lowest BCUT2D eigenvalue weighted by Gasteiger charge is -2.17. The number of amides is 1. The predicted octanol–water partition coefficient (Wildman–Crippen LogP) is 1.59. The zero-order valence-corrected chi connectivity index (χ0v) is 13.8. The van der Waals surface area contributed by atoms with Gasteiger partial charge in [-0.05, 0) is 5.56 Å². The van der Waals surface area contributed by atoms with Gasteiger partial charge in [0.1, 0.15) is 0 Å². The minimum atomic E-state index is -0.168. The van der Waals surface area contributed by atoms with Crippen LogP contribution in [0, 0.1) is 0 Å². The Kier molecular flexibility index (Phi) is 6.15. The van der Waals surface area contributed by atoms with E-state index in [-0.39, 0.29) is 24.4 Å². The minimum Gasteiger partial charge on any atom is -0.375 e. The molecule has 0 fully saturated rings. The molecule has 0 radical (unpaired) electrons. The summed E-state index contributed by atoms with van der Waals surface area (Å²) in [7, 11) is 1.64. The average molecular weight is 337 g/mol. The van der Waals surface area contributed by atoms with Crippen molar-refractivity contribution in [3.8, 4) is 0 Å². The number of ether oxygens (including phenoxy) is 1. The van der Waals surface area contributed by atoms with Crippen LogP contribution in [0.1, 0.15) is 33.4 Å². The van der Waals surface area contributed by atoms with Gasteiger partial charge in [0.15, 0.2) is 5.69 Å². The normalized spacial score (nSPS) is 14.5. The molecule has 3 N–H and O–H groups in total. The molecule has 1 atom stereocenters. The van der Waals surface area contributed by atoms with Gasteiger partial charge in [-0.25, -0.2) is 0 Å². The molecule has 0 spiro atoms. The van der Waals surface area contributed by atoms with Gasteiger partial charge >= 0.3 is 0 Å². The van der Waals surface area contributed by atoms with Crippen molar-refractivity contribution in [2.24, 2.45) is 0 Å². The molecule has 0 saturated carbocycles. The van der Waals surface area contributed by atoms with Crippen molar-refractivity contribution in [3.05, 3.63) is 52.8 Å². The van der Waals surface area contributed by atoms with E-state index in [1.165, 1.54) is 0 Å². The van der Waals surface area contributed by atoms with Crippen LogP contribution < -0.4 is 10.6 Å². The van der Waals surface area contributed by atoms with Gasteiger partial charge in [-0.15, -0.1) is 12.4 Å². The quantitative estimate of drug-likeness (QED) is 0.775.